The van der Waals surface area contributed by atoms with Gasteiger partial charge in [-0.15, -0.1) is 0 Å². The standard InChI is InChI=1S/C15H21F3N2/c1-12(10-15(16,17)18)20-9-5-8-19-14(11-20)13-6-3-2-4-7-13/h2-4,6-7,12,14,19H,5,8-11H2,1H3. The molecule has 0 aliphatic carbocycles. The minimum Gasteiger partial charge on any atom is -0.309 e. The molecule has 0 spiro atoms. The van der Waals surface area contributed by atoms with Gasteiger partial charge in [-0.1, -0.05) is 30.3 Å². The Bertz CT molecular complexity index is 405. The Morgan fingerprint density at radius 2 is 2.00 bits per heavy atom. The van der Waals surface area contributed by atoms with Gasteiger partial charge in [-0.25, -0.2) is 0 Å². The average molecular weight is 286 g/mol. The van der Waals surface area contributed by atoms with Crippen molar-refractivity contribution >= 4 is 0 Å². The van der Waals surface area contributed by atoms with Crippen molar-refractivity contribution in [2.45, 2.75) is 38.0 Å². The first kappa shape index (κ1) is 15.3. The third kappa shape index (κ3) is 4.49. The van der Waals surface area contributed by atoms with Crippen molar-refractivity contribution in [2.75, 3.05) is 19.6 Å². The van der Waals surface area contributed by atoms with E-state index in [0.29, 0.717) is 13.1 Å². The molecule has 0 radical (unpaired) electrons. The van der Waals surface area contributed by atoms with Crippen LogP contribution in [0.5, 0.6) is 0 Å². The summed E-state index contributed by atoms with van der Waals surface area (Å²) in [5.74, 6) is 0. The maximum absolute atomic E-state index is 12.5. The smallest absolute Gasteiger partial charge is 0.309 e. The quantitative estimate of drug-likeness (QED) is 0.916. The number of nitrogens with one attached hydrogen (secondary N) is 1. The molecule has 1 fully saturated rings. The highest BCUT2D eigenvalue weighted by Crippen LogP contribution is 2.26. The summed E-state index contributed by atoms with van der Waals surface area (Å²) in [5, 5.41) is 3.42. The fraction of sp³-hybridized carbons (Fsp3) is 0.600. The Morgan fingerprint density at radius 1 is 1.30 bits per heavy atom. The van der Waals surface area contributed by atoms with Crippen LogP contribution in [0.1, 0.15) is 31.4 Å². The second-order valence-corrected chi connectivity index (χ2v) is 5.43. The first-order chi connectivity index (χ1) is 9.46. The van der Waals surface area contributed by atoms with Crippen LogP contribution in [-0.4, -0.2) is 36.8 Å². The van der Waals surface area contributed by atoms with Crippen molar-refractivity contribution in [1.82, 2.24) is 10.2 Å². The molecule has 2 atom stereocenters. The van der Waals surface area contributed by atoms with E-state index >= 15 is 0 Å². The van der Waals surface area contributed by atoms with Crippen molar-refractivity contribution < 1.29 is 13.2 Å². The van der Waals surface area contributed by atoms with Gasteiger partial charge in [-0.05, 0) is 32.0 Å². The minimum atomic E-state index is -4.10. The summed E-state index contributed by atoms with van der Waals surface area (Å²) in [6, 6.07) is 9.56. The van der Waals surface area contributed by atoms with Crippen LogP contribution in [-0.2, 0) is 0 Å². The molecule has 1 heterocycles. The molecule has 1 N–H and O–H groups in total. The average Bonchev–Trinajstić information content (AvgIpc) is 2.63. The summed E-state index contributed by atoms with van der Waals surface area (Å²) in [6.45, 7) is 3.85. The van der Waals surface area contributed by atoms with Crippen molar-refractivity contribution in [3.8, 4) is 0 Å². The third-order valence-corrected chi connectivity index (χ3v) is 3.78. The molecule has 2 unspecified atom stereocenters. The van der Waals surface area contributed by atoms with Gasteiger partial charge < -0.3 is 5.32 Å². The van der Waals surface area contributed by atoms with Crippen molar-refractivity contribution in [3.05, 3.63) is 35.9 Å². The van der Waals surface area contributed by atoms with E-state index in [0.717, 1.165) is 18.5 Å². The number of nitrogens with zero attached hydrogens (tertiary/aromatic N) is 1. The summed E-state index contributed by atoms with van der Waals surface area (Å²) in [7, 11) is 0. The predicted octanol–water partition coefficient (Wildman–Crippen LogP) is 3.36. The molecule has 1 aromatic rings. The van der Waals surface area contributed by atoms with Gasteiger partial charge in [0.15, 0.2) is 0 Å². The lowest BCUT2D eigenvalue weighted by atomic mass is 10.1. The number of halogens is 3. The van der Waals surface area contributed by atoms with Gasteiger partial charge >= 0.3 is 6.18 Å². The number of benzene rings is 1. The molecule has 0 amide bonds. The molecule has 1 aromatic carbocycles. The maximum Gasteiger partial charge on any atom is 0.390 e. The Hall–Kier alpha value is -1.07. The zero-order chi connectivity index (χ0) is 14.6. The van der Waals surface area contributed by atoms with Crippen molar-refractivity contribution in [2.24, 2.45) is 0 Å². The number of alkyl halides is 3. The Labute approximate surface area is 118 Å². The van der Waals surface area contributed by atoms with E-state index in [1.54, 1.807) is 6.92 Å². The predicted molar refractivity (Wildman–Crippen MR) is 73.5 cm³/mol. The topological polar surface area (TPSA) is 15.3 Å². The molecule has 2 nitrogen and oxygen atoms in total. The molecule has 1 saturated heterocycles. The zero-order valence-electron chi connectivity index (χ0n) is 11.7. The molecule has 1 aliphatic heterocycles. The Balaban J connectivity index is 2.03. The second-order valence-electron chi connectivity index (χ2n) is 5.43. The monoisotopic (exact) mass is 286 g/mol. The van der Waals surface area contributed by atoms with E-state index < -0.39 is 18.6 Å². The lowest BCUT2D eigenvalue weighted by Crippen LogP contribution is -2.39. The third-order valence-electron chi connectivity index (χ3n) is 3.78. The van der Waals surface area contributed by atoms with E-state index in [4.69, 9.17) is 0 Å². The van der Waals surface area contributed by atoms with E-state index in [2.05, 4.69) is 5.32 Å². The summed E-state index contributed by atoms with van der Waals surface area (Å²) < 4.78 is 37.6. The minimum absolute atomic E-state index is 0.106. The van der Waals surface area contributed by atoms with E-state index in [9.17, 15) is 13.2 Å². The van der Waals surface area contributed by atoms with E-state index in [-0.39, 0.29) is 6.04 Å². The summed E-state index contributed by atoms with van der Waals surface area (Å²) in [6.07, 6.45) is -3.96. The molecular formula is C15H21F3N2. The van der Waals surface area contributed by atoms with Gasteiger partial charge in [0.05, 0.1) is 6.42 Å². The lowest BCUT2D eigenvalue weighted by molar-refractivity contribution is -0.146. The fourth-order valence-corrected chi connectivity index (χ4v) is 2.72. The van der Waals surface area contributed by atoms with Gasteiger partial charge in [0.1, 0.15) is 0 Å². The highest BCUT2D eigenvalue weighted by molar-refractivity contribution is 5.19. The molecule has 0 saturated carbocycles. The molecule has 2 rings (SSSR count). The van der Waals surface area contributed by atoms with Crippen molar-refractivity contribution in [1.29, 1.82) is 0 Å². The van der Waals surface area contributed by atoms with Gasteiger partial charge in [0, 0.05) is 18.6 Å². The van der Waals surface area contributed by atoms with Crippen LogP contribution in [0.2, 0.25) is 0 Å². The molecule has 0 aromatic heterocycles. The number of hydrogen-bond donors (Lipinski definition) is 1. The maximum atomic E-state index is 12.5. The summed E-state index contributed by atoms with van der Waals surface area (Å²) >= 11 is 0. The summed E-state index contributed by atoms with van der Waals surface area (Å²) in [4.78, 5) is 1.95. The van der Waals surface area contributed by atoms with Crippen molar-refractivity contribution in [3.63, 3.8) is 0 Å². The van der Waals surface area contributed by atoms with Crippen LogP contribution in [0.25, 0.3) is 0 Å². The van der Waals surface area contributed by atoms with Crippen LogP contribution in [0.15, 0.2) is 30.3 Å². The molecule has 20 heavy (non-hydrogen) atoms. The Morgan fingerprint density at radius 3 is 2.65 bits per heavy atom. The van der Waals surface area contributed by atoms with Crippen LogP contribution in [0, 0.1) is 0 Å². The first-order valence-corrected chi connectivity index (χ1v) is 7.05. The first-order valence-electron chi connectivity index (χ1n) is 7.05. The molecule has 0 bridgehead atoms. The van der Waals surface area contributed by atoms with Crippen LogP contribution in [0.4, 0.5) is 13.2 Å². The molecule has 1 aliphatic rings. The Kier molecular flexibility index (Phi) is 5.05. The summed E-state index contributed by atoms with van der Waals surface area (Å²) in [5.41, 5.74) is 1.14. The van der Waals surface area contributed by atoms with Crippen LogP contribution >= 0.6 is 0 Å². The SMILES string of the molecule is CC(CC(F)(F)F)N1CCCNC(c2ccccc2)C1. The molecular weight excluding hydrogens is 265 g/mol. The number of rotatable bonds is 3. The van der Waals surface area contributed by atoms with E-state index in [1.807, 2.05) is 35.2 Å². The van der Waals surface area contributed by atoms with Crippen LogP contribution in [0.3, 0.4) is 0 Å². The molecule has 5 heteroatoms. The van der Waals surface area contributed by atoms with Gasteiger partial charge in [-0.3, -0.25) is 4.90 Å². The zero-order valence-corrected chi connectivity index (χ0v) is 11.7. The highest BCUT2D eigenvalue weighted by atomic mass is 19.4. The molecule has 112 valence electrons. The normalized spacial score (nSPS) is 23.3. The largest absolute Gasteiger partial charge is 0.390 e. The second kappa shape index (κ2) is 6.59. The lowest BCUT2D eigenvalue weighted by Gasteiger charge is -2.30. The van der Waals surface area contributed by atoms with E-state index in [1.165, 1.54) is 0 Å². The van der Waals surface area contributed by atoms with Gasteiger partial charge in [0.25, 0.3) is 0 Å². The highest BCUT2D eigenvalue weighted by Gasteiger charge is 2.33. The number of hydrogen-bond acceptors (Lipinski definition) is 2. The fourth-order valence-electron chi connectivity index (χ4n) is 2.72. The van der Waals surface area contributed by atoms with Gasteiger partial charge in [0.2, 0.25) is 0 Å². The van der Waals surface area contributed by atoms with Gasteiger partial charge in [-0.2, -0.15) is 13.2 Å². The van der Waals surface area contributed by atoms with Crippen LogP contribution < -0.4 is 5.32 Å².